The van der Waals surface area contributed by atoms with Gasteiger partial charge in [0, 0.05) is 18.1 Å². The maximum atomic E-state index is 10.6. The third-order valence-electron chi connectivity index (χ3n) is 1.93. The van der Waals surface area contributed by atoms with Gasteiger partial charge in [-0.05, 0) is 25.0 Å². The number of hydrogen-bond donors (Lipinski definition) is 0. The molecule has 0 aliphatic heterocycles. The van der Waals surface area contributed by atoms with Gasteiger partial charge in [-0.2, -0.15) is 0 Å². The van der Waals surface area contributed by atoms with E-state index in [2.05, 4.69) is 4.98 Å². The number of aryl methyl sites for hydroxylation is 1. The molecule has 1 rings (SSSR count). The molecule has 4 heteroatoms. The minimum atomic E-state index is -0.317. The van der Waals surface area contributed by atoms with Gasteiger partial charge < -0.3 is 4.74 Å². The number of esters is 1. The van der Waals surface area contributed by atoms with Crippen molar-refractivity contribution in [2.75, 3.05) is 0 Å². The van der Waals surface area contributed by atoms with Gasteiger partial charge in [0.2, 0.25) is 0 Å². The van der Waals surface area contributed by atoms with Gasteiger partial charge in [0.05, 0.1) is 5.69 Å². The first-order valence-electron chi connectivity index (χ1n) is 4.26. The van der Waals surface area contributed by atoms with Crippen LogP contribution in [-0.4, -0.2) is 11.0 Å². The molecule has 0 aliphatic rings. The minimum Gasteiger partial charge on any atom is -0.459 e. The second-order valence-corrected chi connectivity index (χ2v) is 3.49. The van der Waals surface area contributed by atoms with Gasteiger partial charge >= 0.3 is 5.97 Å². The normalized spacial score (nSPS) is 10.0. The van der Waals surface area contributed by atoms with Crippen LogP contribution in [0.1, 0.15) is 23.7 Å². The molecule has 0 bridgehead atoms. The summed E-state index contributed by atoms with van der Waals surface area (Å²) in [7, 11) is 0. The summed E-state index contributed by atoms with van der Waals surface area (Å²) in [6, 6.07) is 0. The van der Waals surface area contributed by atoms with Gasteiger partial charge in [-0.25, -0.2) is 0 Å². The molecule has 0 aromatic carbocycles. The minimum absolute atomic E-state index is 0.182. The number of carbonyl (C=O) groups is 1. The highest BCUT2D eigenvalue weighted by molar-refractivity contribution is 6.32. The molecule has 1 heterocycles. The molecule has 1 aromatic heterocycles. The number of carbonyl (C=O) groups excluding carboxylic acids is 1. The molecule has 0 unspecified atom stereocenters. The van der Waals surface area contributed by atoms with Crippen molar-refractivity contribution in [3.63, 3.8) is 0 Å². The Kier molecular flexibility index (Phi) is 3.47. The van der Waals surface area contributed by atoms with E-state index in [4.69, 9.17) is 16.3 Å². The van der Waals surface area contributed by atoms with Crippen molar-refractivity contribution >= 4 is 17.6 Å². The summed E-state index contributed by atoms with van der Waals surface area (Å²) in [5.74, 6) is -0.317. The van der Waals surface area contributed by atoms with Crippen LogP contribution in [0, 0.1) is 13.8 Å². The van der Waals surface area contributed by atoms with Gasteiger partial charge in [-0.3, -0.25) is 9.78 Å². The summed E-state index contributed by atoms with van der Waals surface area (Å²) in [4.78, 5) is 14.7. The molecule has 0 fully saturated rings. The number of ether oxygens (including phenoxy) is 1. The highest BCUT2D eigenvalue weighted by Gasteiger charge is 2.07. The number of nitrogens with zero attached hydrogens (tertiary/aromatic N) is 1. The Morgan fingerprint density at radius 1 is 1.57 bits per heavy atom. The molecule has 0 saturated heterocycles. The highest BCUT2D eigenvalue weighted by Crippen LogP contribution is 2.21. The number of halogens is 1. The molecule has 0 atom stereocenters. The lowest BCUT2D eigenvalue weighted by molar-refractivity contribution is -0.142. The van der Waals surface area contributed by atoms with Crippen LogP contribution in [0.25, 0.3) is 0 Å². The Balaban J connectivity index is 2.88. The van der Waals surface area contributed by atoms with E-state index in [0.29, 0.717) is 10.7 Å². The summed E-state index contributed by atoms with van der Waals surface area (Å²) in [5, 5.41) is 0.683. The zero-order valence-corrected chi connectivity index (χ0v) is 9.18. The Hall–Kier alpha value is -1.09. The quantitative estimate of drug-likeness (QED) is 0.709. The van der Waals surface area contributed by atoms with Gasteiger partial charge in [0.25, 0.3) is 0 Å². The largest absolute Gasteiger partial charge is 0.459 e. The highest BCUT2D eigenvalue weighted by atomic mass is 35.5. The van der Waals surface area contributed by atoms with Crippen molar-refractivity contribution in [1.82, 2.24) is 4.98 Å². The molecule has 14 heavy (non-hydrogen) atoms. The monoisotopic (exact) mass is 213 g/mol. The zero-order valence-electron chi connectivity index (χ0n) is 8.43. The fourth-order valence-electron chi connectivity index (χ4n) is 1.07. The maximum absolute atomic E-state index is 10.6. The van der Waals surface area contributed by atoms with E-state index in [1.807, 2.05) is 13.8 Å². The lowest BCUT2D eigenvalue weighted by atomic mass is 10.2. The summed E-state index contributed by atoms with van der Waals surface area (Å²) in [6.07, 6.45) is 1.67. The molecular formula is C10H12ClNO2. The summed E-state index contributed by atoms with van der Waals surface area (Å²) in [5.41, 5.74) is 2.50. The first-order valence-corrected chi connectivity index (χ1v) is 4.64. The van der Waals surface area contributed by atoms with Gasteiger partial charge in [-0.1, -0.05) is 11.6 Å². The van der Waals surface area contributed by atoms with Crippen LogP contribution in [-0.2, 0) is 16.1 Å². The summed E-state index contributed by atoms with van der Waals surface area (Å²) >= 11 is 6.02. The zero-order chi connectivity index (χ0) is 10.7. The van der Waals surface area contributed by atoms with Crippen LogP contribution in [0.2, 0.25) is 5.02 Å². The van der Waals surface area contributed by atoms with Gasteiger partial charge in [0.1, 0.15) is 6.61 Å². The predicted molar refractivity (Wildman–Crippen MR) is 54.2 cm³/mol. The van der Waals surface area contributed by atoms with E-state index < -0.39 is 0 Å². The topological polar surface area (TPSA) is 39.2 Å². The van der Waals surface area contributed by atoms with E-state index in [1.165, 1.54) is 6.92 Å². The second kappa shape index (κ2) is 4.42. The molecule has 0 radical (unpaired) electrons. The Morgan fingerprint density at radius 2 is 2.21 bits per heavy atom. The summed E-state index contributed by atoms with van der Waals surface area (Å²) in [6.45, 7) is 5.30. The Bertz CT molecular complexity index is 363. The van der Waals surface area contributed by atoms with E-state index in [-0.39, 0.29) is 12.6 Å². The van der Waals surface area contributed by atoms with E-state index in [1.54, 1.807) is 6.20 Å². The van der Waals surface area contributed by atoms with Crippen LogP contribution >= 0.6 is 11.6 Å². The molecule has 0 saturated carbocycles. The molecule has 76 valence electrons. The van der Waals surface area contributed by atoms with Crippen LogP contribution in [0.15, 0.2) is 6.20 Å². The van der Waals surface area contributed by atoms with Gasteiger partial charge in [-0.15, -0.1) is 0 Å². The second-order valence-electron chi connectivity index (χ2n) is 3.11. The van der Waals surface area contributed by atoms with Gasteiger partial charge in [0.15, 0.2) is 0 Å². The molecule has 1 aromatic rings. The molecule has 0 spiro atoms. The first kappa shape index (κ1) is 11.0. The van der Waals surface area contributed by atoms with Crippen molar-refractivity contribution in [3.8, 4) is 0 Å². The van der Waals surface area contributed by atoms with Crippen LogP contribution in [0.3, 0.4) is 0 Å². The molecule has 3 nitrogen and oxygen atoms in total. The lowest BCUT2D eigenvalue weighted by Crippen LogP contribution is -2.03. The first-order chi connectivity index (χ1) is 6.52. The van der Waals surface area contributed by atoms with Crippen LogP contribution < -0.4 is 0 Å². The average molecular weight is 214 g/mol. The lowest BCUT2D eigenvalue weighted by Gasteiger charge is -2.08. The van der Waals surface area contributed by atoms with Crippen LogP contribution in [0.5, 0.6) is 0 Å². The van der Waals surface area contributed by atoms with Crippen molar-refractivity contribution in [2.24, 2.45) is 0 Å². The fraction of sp³-hybridized carbons (Fsp3) is 0.400. The maximum Gasteiger partial charge on any atom is 0.303 e. The SMILES string of the molecule is CC(=O)OCc1ncc(C)c(Cl)c1C. The van der Waals surface area contributed by atoms with Crippen molar-refractivity contribution < 1.29 is 9.53 Å². The third kappa shape index (κ3) is 2.45. The fourth-order valence-corrected chi connectivity index (χ4v) is 1.22. The predicted octanol–water partition coefficient (Wildman–Crippen LogP) is 2.41. The standard InChI is InChI=1S/C10H12ClNO2/c1-6-4-12-9(5-14-8(3)13)7(2)10(6)11/h4H,5H2,1-3H3. The van der Waals surface area contributed by atoms with Crippen molar-refractivity contribution in [2.45, 2.75) is 27.4 Å². The van der Waals surface area contributed by atoms with Crippen molar-refractivity contribution in [3.05, 3.63) is 28.0 Å². The summed E-state index contributed by atoms with van der Waals surface area (Å²) < 4.78 is 4.84. The number of hydrogen-bond acceptors (Lipinski definition) is 3. The molecule has 0 amide bonds. The number of aromatic nitrogens is 1. The Labute approximate surface area is 88.1 Å². The molecule has 0 N–H and O–H groups in total. The number of pyridine rings is 1. The van der Waals surface area contributed by atoms with Crippen LogP contribution in [0.4, 0.5) is 0 Å². The molecular weight excluding hydrogens is 202 g/mol. The number of rotatable bonds is 2. The van der Waals surface area contributed by atoms with E-state index in [9.17, 15) is 4.79 Å². The van der Waals surface area contributed by atoms with E-state index in [0.717, 1.165) is 11.1 Å². The average Bonchev–Trinajstić information content (AvgIpc) is 2.13. The van der Waals surface area contributed by atoms with Crippen molar-refractivity contribution in [1.29, 1.82) is 0 Å². The Morgan fingerprint density at radius 3 is 2.79 bits per heavy atom. The molecule has 0 aliphatic carbocycles. The third-order valence-corrected chi connectivity index (χ3v) is 2.52. The van der Waals surface area contributed by atoms with E-state index >= 15 is 0 Å². The smallest absolute Gasteiger partial charge is 0.303 e.